The van der Waals surface area contributed by atoms with Gasteiger partial charge < -0.3 is 4.90 Å². The topological polar surface area (TPSA) is 59.7 Å². The van der Waals surface area contributed by atoms with Crippen LogP contribution in [-0.4, -0.2) is 37.8 Å². The Morgan fingerprint density at radius 1 is 0.933 bits per heavy atom. The second-order valence-electron chi connectivity index (χ2n) is 8.26. The fraction of sp³-hybridized carbons (Fsp3) is 0.333. The number of piperidine rings is 1. The molecule has 6 nitrogen and oxygen atoms in total. The van der Waals surface area contributed by atoms with Gasteiger partial charge in [0.25, 0.3) is 0 Å². The molecule has 1 aromatic carbocycles. The quantitative estimate of drug-likeness (QED) is 0.511. The van der Waals surface area contributed by atoms with Crippen molar-refractivity contribution in [1.82, 2.24) is 24.7 Å². The minimum atomic E-state index is 0.561. The van der Waals surface area contributed by atoms with E-state index in [0.717, 1.165) is 59.8 Å². The summed E-state index contributed by atoms with van der Waals surface area (Å²) in [5, 5.41) is 5.47. The normalized spacial score (nSPS) is 15.1. The summed E-state index contributed by atoms with van der Waals surface area (Å²) in [5.41, 5.74) is 6.63. The Balaban J connectivity index is 1.37. The highest BCUT2D eigenvalue weighted by molar-refractivity contribution is 5.84. The van der Waals surface area contributed by atoms with Gasteiger partial charge in [0.15, 0.2) is 0 Å². The maximum atomic E-state index is 4.72. The zero-order valence-corrected chi connectivity index (χ0v) is 17.7. The predicted molar refractivity (Wildman–Crippen MR) is 120 cm³/mol. The van der Waals surface area contributed by atoms with Crippen LogP contribution in [0.2, 0.25) is 0 Å². The van der Waals surface area contributed by atoms with E-state index in [2.05, 4.69) is 44.2 Å². The molecular weight excluding hydrogens is 372 g/mol. The van der Waals surface area contributed by atoms with Crippen molar-refractivity contribution >= 4 is 16.7 Å². The first kappa shape index (κ1) is 18.7. The lowest BCUT2D eigenvalue weighted by molar-refractivity contribution is 0.501. The molecule has 3 aromatic heterocycles. The number of hydrogen-bond acceptors (Lipinski definition) is 5. The first-order chi connectivity index (χ1) is 14.6. The molecule has 4 aromatic rings. The zero-order chi connectivity index (χ0) is 20.7. The lowest BCUT2D eigenvalue weighted by Crippen LogP contribution is -2.34. The van der Waals surface area contributed by atoms with Crippen LogP contribution in [0.25, 0.3) is 22.0 Å². The molecule has 0 unspecified atom stereocenters. The van der Waals surface area contributed by atoms with Crippen molar-refractivity contribution in [3.63, 3.8) is 0 Å². The smallest absolute Gasteiger partial charge is 0.150 e. The number of fused-ring (bicyclic) bond motifs is 1. The van der Waals surface area contributed by atoms with Crippen LogP contribution in [0.15, 0.2) is 49.1 Å². The van der Waals surface area contributed by atoms with Gasteiger partial charge in [-0.05, 0) is 56.4 Å². The fourth-order valence-electron chi connectivity index (χ4n) is 4.38. The van der Waals surface area contributed by atoms with Crippen LogP contribution in [0.4, 0.5) is 5.82 Å². The van der Waals surface area contributed by atoms with Gasteiger partial charge >= 0.3 is 0 Å². The van der Waals surface area contributed by atoms with Crippen molar-refractivity contribution < 1.29 is 0 Å². The van der Waals surface area contributed by atoms with E-state index < -0.39 is 0 Å². The molecule has 1 aliphatic heterocycles. The third-order valence-corrected chi connectivity index (χ3v) is 6.06. The second kappa shape index (κ2) is 7.52. The standard InChI is InChI=1S/C24H26N6/c1-16-12-25-17(2)24(28-16)30-8-6-18(7-9-30)19-4-5-23-20(10-19)11-21(13-26-23)22-14-27-29(3)15-22/h4-5,10-15,18H,6-9H2,1-3H3. The molecule has 4 heterocycles. The van der Waals surface area contributed by atoms with Gasteiger partial charge in [0.05, 0.1) is 23.1 Å². The Morgan fingerprint density at radius 2 is 1.77 bits per heavy atom. The minimum absolute atomic E-state index is 0.561. The van der Waals surface area contributed by atoms with Crippen LogP contribution < -0.4 is 4.90 Å². The summed E-state index contributed by atoms with van der Waals surface area (Å²) >= 11 is 0. The van der Waals surface area contributed by atoms with Crippen molar-refractivity contribution in [2.24, 2.45) is 7.05 Å². The van der Waals surface area contributed by atoms with Crippen LogP contribution in [0.3, 0.4) is 0 Å². The first-order valence-corrected chi connectivity index (χ1v) is 10.5. The largest absolute Gasteiger partial charge is 0.355 e. The van der Waals surface area contributed by atoms with Crippen molar-refractivity contribution in [3.8, 4) is 11.1 Å². The van der Waals surface area contributed by atoms with Crippen molar-refractivity contribution in [1.29, 1.82) is 0 Å². The van der Waals surface area contributed by atoms with Gasteiger partial charge in [0.2, 0.25) is 0 Å². The van der Waals surface area contributed by atoms with Gasteiger partial charge in [-0.3, -0.25) is 14.6 Å². The summed E-state index contributed by atoms with van der Waals surface area (Å²) in [7, 11) is 1.94. The predicted octanol–water partition coefficient (Wildman–Crippen LogP) is 4.43. The van der Waals surface area contributed by atoms with E-state index in [1.165, 1.54) is 10.9 Å². The highest BCUT2D eigenvalue weighted by Crippen LogP contribution is 2.32. The lowest BCUT2D eigenvalue weighted by atomic mass is 9.88. The number of rotatable bonds is 3. The Kier molecular flexibility index (Phi) is 4.69. The Labute approximate surface area is 176 Å². The average molecular weight is 399 g/mol. The summed E-state index contributed by atoms with van der Waals surface area (Å²) in [6.45, 7) is 6.07. The van der Waals surface area contributed by atoms with Gasteiger partial charge in [-0.25, -0.2) is 4.98 Å². The highest BCUT2D eigenvalue weighted by Gasteiger charge is 2.23. The average Bonchev–Trinajstić information content (AvgIpc) is 3.21. The molecule has 0 atom stereocenters. The molecule has 6 heteroatoms. The number of hydrogen-bond donors (Lipinski definition) is 0. The molecular formula is C24H26N6. The van der Waals surface area contributed by atoms with Crippen LogP contribution >= 0.6 is 0 Å². The molecule has 1 fully saturated rings. The molecule has 0 saturated carbocycles. The van der Waals surface area contributed by atoms with E-state index >= 15 is 0 Å². The van der Waals surface area contributed by atoms with Crippen molar-refractivity contribution in [2.75, 3.05) is 18.0 Å². The Bertz CT molecular complexity index is 1200. The van der Waals surface area contributed by atoms with Gasteiger partial charge in [0, 0.05) is 55.2 Å². The number of anilines is 1. The van der Waals surface area contributed by atoms with Crippen LogP contribution in [0.1, 0.15) is 35.7 Å². The van der Waals surface area contributed by atoms with E-state index in [0.29, 0.717) is 5.92 Å². The molecule has 5 rings (SSSR count). The number of pyridine rings is 1. The summed E-state index contributed by atoms with van der Waals surface area (Å²) in [6.07, 6.45) is 9.93. The highest BCUT2D eigenvalue weighted by atomic mass is 15.2. The van der Waals surface area contributed by atoms with E-state index in [9.17, 15) is 0 Å². The molecule has 0 bridgehead atoms. The Morgan fingerprint density at radius 3 is 2.53 bits per heavy atom. The van der Waals surface area contributed by atoms with E-state index in [4.69, 9.17) is 4.98 Å². The summed E-state index contributed by atoms with van der Waals surface area (Å²) in [5.74, 6) is 1.60. The monoisotopic (exact) mass is 398 g/mol. The first-order valence-electron chi connectivity index (χ1n) is 10.5. The number of nitrogens with zero attached hydrogens (tertiary/aromatic N) is 6. The maximum absolute atomic E-state index is 4.72. The van der Waals surface area contributed by atoms with Gasteiger partial charge in [-0.1, -0.05) is 6.07 Å². The molecule has 0 spiro atoms. The second-order valence-corrected chi connectivity index (χ2v) is 8.26. The summed E-state index contributed by atoms with van der Waals surface area (Å²) < 4.78 is 1.82. The Hall–Kier alpha value is -3.28. The van der Waals surface area contributed by atoms with Crippen LogP contribution in [0.5, 0.6) is 0 Å². The number of aromatic nitrogens is 5. The van der Waals surface area contributed by atoms with Gasteiger partial charge in [-0.2, -0.15) is 5.10 Å². The van der Waals surface area contributed by atoms with Crippen LogP contribution in [0, 0.1) is 13.8 Å². The fourth-order valence-corrected chi connectivity index (χ4v) is 4.38. The number of aryl methyl sites for hydroxylation is 3. The molecule has 1 saturated heterocycles. The molecule has 152 valence electrons. The third kappa shape index (κ3) is 3.54. The third-order valence-electron chi connectivity index (χ3n) is 6.06. The van der Waals surface area contributed by atoms with Crippen molar-refractivity contribution in [3.05, 3.63) is 66.0 Å². The molecule has 0 aliphatic carbocycles. The van der Waals surface area contributed by atoms with Crippen LogP contribution in [-0.2, 0) is 7.05 Å². The molecule has 1 aliphatic rings. The summed E-state index contributed by atoms with van der Waals surface area (Å²) in [4.78, 5) is 16.3. The van der Waals surface area contributed by atoms with E-state index in [1.54, 1.807) is 0 Å². The molecule has 0 radical (unpaired) electrons. The molecule has 30 heavy (non-hydrogen) atoms. The van der Waals surface area contributed by atoms with E-state index in [-0.39, 0.29) is 0 Å². The summed E-state index contributed by atoms with van der Waals surface area (Å²) in [6, 6.07) is 8.95. The lowest BCUT2D eigenvalue weighted by Gasteiger charge is -2.33. The minimum Gasteiger partial charge on any atom is -0.355 e. The van der Waals surface area contributed by atoms with Gasteiger partial charge in [-0.15, -0.1) is 0 Å². The van der Waals surface area contributed by atoms with E-state index in [1.807, 2.05) is 50.4 Å². The van der Waals surface area contributed by atoms with Crippen molar-refractivity contribution in [2.45, 2.75) is 32.6 Å². The SMILES string of the molecule is Cc1cnc(C)c(N2CCC(c3ccc4ncc(-c5cnn(C)c5)cc4c3)CC2)n1. The number of benzene rings is 1. The van der Waals surface area contributed by atoms with Gasteiger partial charge in [0.1, 0.15) is 5.82 Å². The zero-order valence-electron chi connectivity index (χ0n) is 17.7. The maximum Gasteiger partial charge on any atom is 0.150 e. The molecule has 0 amide bonds. The molecule has 0 N–H and O–H groups in total.